The summed E-state index contributed by atoms with van der Waals surface area (Å²) >= 11 is 12.1. The molecule has 8 heteroatoms. The fourth-order valence-corrected chi connectivity index (χ4v) is 4.08. The fourth-order valence-electron chi connectivity index (χ4n) is 2.53. The number of carbonyl (C=O) groups is 1. The Kier molecular flexibility index (Phi) is 5.93. The maximum Gasteiger partial charge on any atom is 0.264 e. The van der Waals surface area contributed by atoms with Crippen molar-refractivity contribution in [1.82, 2.24) is 0 Å². The van der Waals surface area contributed by atoms with E-state index in [4.69, 9.17) is 23.2 Å². The third kappa shape index (κ3) is 4.14. The van der Waals surface area contributed by atoms with Gasteiger partial charge >= 0.3 is 0 Å². The lowest BCUT2D eigenvalue weighted by Crippen LogP contribution is -2.26. The van der Waals surface area contributed by atoms with E-state index in [0.29, 0.717) is 16.4 Å². The van der Waals surface area contributed by atoms with E-state index in [1.807, 2.05) is 0 Å². The number of nitrogens with zero attached hydrogens (tertiary/aromatic N) is 1. The molecule has 0 atom stereocenters. The summed E-state index contributed by atoms with van der Waals surface area (Å²) in [7, 11) is -2.30. The zero-order chi connectivity index (χ0) is 20.3. The summed E-state index contributed by atoms with van der Waals surface area (Å²) in [6.07, 6.45) is 0. The van der Waals surface area contributed by atoms with Gasteiger partial charge in [-0.3, -0.25) is 9.10 Å². The Morgan fingerprint density at radius 1 is 0.929 bits per heavy atom. The number of amides is 1. The molecular formula is C20H16Cl2N2O3S. The molecule has 5 nitrogen and oxygen atoms in total. The van der Waals surface area contributed by atoms with Gasteiger partial charge < -0.3 is 5.32 Å². The van der Waals surface area contributed by atoms with E-state index in [9.17, 15) is 13.2 Å². The lowest BCUT2D eigenvalue weighted by molar-refractivity contribution is 0.102. The number of rotatable bonds is 5. The van der Waals surface area contributed by atoms with E-state index in [1.165, 1.54) is 25.2 Å². The minimum absolute atomic E-state index is 0.165. The molecular weight excluding hydrogens is 419 g/mol. The Labute approximate surface area is 173 Å². The Morgan fingerprint density at radius 3 is 2.32 bits per heavy atom. The second-order valence-corrected chi connectivity index (χ2v) is 8.65. The second kappa shape index (κ2) is 8.22. The van der Waals surface area contributed by atoms with Gasteiger partial charge in [-0.1, -0.05) is 53.5 Å². The zero-order valence-electron chi connectivity index (χ0n) is 14.8. The lowest BCUT2D eigenvalue weighted by atomic mass is 10.2. The predicted molar refractivity (Wildman–Crippen MR) is 113 cm³/mol. The summed E-state index contributed by atoms with van der Waals surface area (Å²) in [5.74, 6) is -0.434. The van der Waals surface area contributed by atoms with E-state index >= 15 is 0 Å². The van der Waals surface area contributed by atoms with E-state index in [0.717, 1.165) is 4.31 Å². The molecule has 0 heterocycles. The average molecular weight is 435 g/mol. The van der Waals surface area contributed by atoms with Crippen LogP contribution in [0.25, 0.3) is 0 Å². The number of hydrogen-bond donors (Lipinski definition) is 1. The summed E-state index contributed by atoms with van der Waals surface area (Å²) in [6.45, 7) is 0. The predicted octanol–water partition coefficient (Wildman–Crippen LogP) is 5.07. The van der Waals surface area contributed by atoms with Crippen molar-refractivity contribution in [2.45, 2.75) is 4.90 Å². The molecule has 3 aromatic carbocycles. The number of nitrogens with one attached hydrogen (secondary N) is 1. The normalized spacial score (nSPS) is 11.1. The largest absolute Gasteiger partial charge is 0.321 e. The molecule has 28 heavy (non-hydrogen) atoms. The molecule has 3 aromatic rings. The molecule has 0 aromatic heterocycles. The highest BCUT2D eigenvalue weighted by Gasteiger charge is 2.21. The highest BCUT2D eigenvalue weighted by Crippen LogP contribution is 2.30. The Morgan fingerprint density at radius 2 is 1.61 bits per heavy atom. The van der Waals surface area contributed by atoms with E-state index < -0.39 is 15.9 Å². The Bertz CT molecular complexity index is 1120. The van der Waals surface area contributed by atoms with Gasteiger partial charge in [0.2, 0.25) is 0 Å². The summed E-state index contributed by atoms with van der Waals surface area (Å²) in [5.41, 5.74) is 1.01. The van der Waals surface area contributed by atoms with Gasteiger partial charge in [-0.05, 0) is 42.5 Å². The molecule has 0 unspecified atom stereocenters. The molecule has 0 bridgehead atoms. The number of halogens is 2. The maximum atomic E-state index is 12.8. The summed E-state index contributed by atoms with van der Waals surface area (Å²) < 4.78 is 26.7. The molecule has 0 saturated carbocycles. The van der Waals surface area contributed by atoms with Crippen LogP contribution in [0, 0.1) is 0 Å². The first kappa shape index (κ1) is 20.2. The van der Waals surface area contributed by atoms with Gasteiger partial charge in [-0.25, -0.2) is 8.42 Å². The topological polar surface area (TPSA) is 66.5 Å². The number of sulfonamides is 1. The Balaban J connectivity index is 1.88. The molecule has 0 radical (unpaired) electrons. The monoisotopic (exact) mass is 434 g/mol. The third-order valence-corrected chi connectivity index (χ3v) is 6.69. The van der Waals surface area contributed by atoms with Gasteiger partial charge in [0.05, 0.1) is 26.3 Å². The standard InChI is InChI=1S/C20H16Cl2N2O3S/c1-24(28(26,27)16-9-3-2-4-10-16)15-8-5-7-14(13-15)20(25)23-18-12-6-11-17(21)19(18)22/h2-13H,1H3,(H,23,25). The molecule has 0 aliphatic heterocycles. The van der Waals surface area contributed by atoms with Crippen LogP contribution >= 0.6 is 23.2 Å². The van der Waals surface area contributed by atoms with Crippen molar-refractivity contribution in [3.63, 3.8) is 0 Å². The molecule has 1 amide bonds. The van der Waals surface area contributed by atoms with E-state index in [-0.39, 0.29) is 15.5 Å². The van der Waals surface area contributed by atoms with Crippen molar-refractivity contribution in [1.29, 1.82) is 0 Å². The molecule has 0 aliphatic rings. The van der Waals surface area contributed by atoms with Crippen molar-refractivity contribution in [2.24, 2.45) is 0 Å². The van der Waals surface area contributed by atoms with Gasteiger partial charge in [0.15, 0.2) is 0 Å². The van der Waals surface area contributed by atoms with Crippen LogP contribution in [-0.4, -0.2) is 21.4 Å². The highest BCUT2D eigenvalue weighted by atomic mass is 35.5. The minimum atomic E-state index is -3.74. The van der Waals surface area contributed by atoms with Crippen LogP contribution in [-0.2, 0) is 10.0 Å². The van der Waals surface area contributed by atoms with Gasteiger partial charge in [0.25, 0.3) is 15.9 Å². The number of benzene rings is 3. The average Bonchev–Trinajstić information content (AvgIpc) is 2.71. The smallest absolute Gasteiger partial charge is 0.264 e. The van der Waals surface area contributed by atoms with Crippen LogP contribution in [0.3, 0.4) is 0 Å². The Hall–Kier alpha value is -2.54. The van der Waals surface area contributed by atoms with Crippen molar-refractivity contribution in [3.8, 4) is 0 Å². The number of anilines is 2. The number of carbonyl (C=O) groups excluding carboxylic acids is 1. The van der Waals surface area contributed by atoms with Crippen molar-refractivity contribution >= 4 is 50.5 Å². The van der Waals surface area contributed by atoms with Crippen LogP contribution < -0.4 is 9.62 Å². The molecule has 0 saturated heterocycles. The van der Waals surface area contributed by atoms with Gasteiger partial charge in [-0.2, -0.15) is 0 Å². The molecule has 144 valence electrons. The summed E-state index contributed by atoms with van der Waals surface area (Å²) in [4.78, 5) is 12.8. The highest BCUT2D eigenvalue weighted by molar-refractivity contribution is 7.92. The molecule has 0 aliphatic carbocycles. The molecule has 1 N–H and O–H groups in total. The minimum Gasteiger partial charge on any atom is -0.321 e. The molecule has 0 spiro atoms. The van der Waals surface area contributed by atoms with Crippen molar-refractivity contribution in [3.05, 3.63) is 88.4 Å². The zero-order valence-corrected chi connectivity index (χ0v) is 17.1. The van der Waals surface area contributed by atoms with Crippen molar-refractivity contribution < 1.29 is 13.2 Å². The summed E-state index contributed by atoms with van der Waals surface area (Å²) in [5, 5.41) is 3.24. The van der Waals surface area contributed by atoms with Gasteiger partial charge in [0, 0.05) is 12.6 Å². The fraction of sp³-hybridized carbons (Fsp3) is 0.0500. The maximum absolute atomic E-state index is 12.8. The van der Waals surface area contributed by atoms with Crippen LogP contribution in [0.2, 0.25) is 10.0 Å². The third-order valence-electron chi connectivity index (χ3n) is 4.07. The molecule has 0 fully saturated rings. The van der Waals surface area contributed by atoms with Gasteiger partial charge in [-0.15, -0.1) is 0 Å². The first-order valence-corrected chi connectivity index (χ1v) is 10.4. The van der Waals surface area contributed by atoms with Crippen LogP contribution in [0.1, 0.15) is 10.4 Å². The number of hydrogen-bond acceptors (Lipinski definition) is 3. The first-order chi connectivity index (χ1) is 13.3. The summed E-state index contributed by atoms with van der Waals surface area (Å²) in [6, 6.07) is 19.3. The van der Waals surface area contributed by atoms with Crippen LogP contribution in [0.15, 0.2) is 77.7 Å². The lowest BCUT2D eigenvalue weighted by Gasteiger charge is -2.20. The second-order valence-electron chi connectivity index (χ2n) is 5.89. The molecule has 3 rings (SSSR count). The first-order valence-electron chi connectivity index (χ1n) is 8.20. The van der Waals surface area contributed by atoms with E-state index in [2.05, 4.69) is 5.32 Å². The van der Waals surface area contributed by atoms with Crippen LogP contribution in [0.5, 0.6) is 0 Å². The SMILES string of the molecule is CN(c1cccc(C(=O)Nc2cccc(Cl)c2Cl)c1)S(=O)(=O)c1ccccc1. The van der Waals surface area contributed by atoms with Gasteiger partial charge in [0.1, 0.15) is 0 Å². The van der Waals surface area contributed by atoms with Crippen LogP contribution in [0.4, 0.5) is 11.4 Å². The quantitative estimate of drug-likeness (QED) is 0.609. The van der Waals surface area contributed by atoms with Crippen molar-refractivity contribution in [2.75, 3.05) is 16.7 Å². The van der Waals surface area contributed by atoms with E-state index in [1.54, 1.807) is 54.6 Å².